The van der Waals surface area contributed by atoms with Gasteiger partial charge in [0, 0.05) is 36.8 Å². The Labute approximate surface area is 191 Å². The molecule has 1 saturated heterocycles. The van der Waals surface area contributed by atoms with Crippen LogP contribution in [-0.4, -0.2) is 43.5 Å². The molecule has 7 nitrogen and oxygen atoms in total. The summed E-state index contributed by atoms with van der Waals surface area (Å²) in [6.45, 7) is 7.63. The second-order valence-electron chi connectivity index (χ2n) is 8.73. The number of hydrogen-bond donors (Lipinski definition) is 1. The van der Waals surface area contributed by atoms with Crippen LogP contribution in [0.5, 0.6) is 0 Å². The Morgan fingerprint density at radius 2 is 1.94 bits per heavy atom. The zero-order chi connectivity index (χ0) is 22.1. The van der Waals surface area contributed by atoms with Crippen LogP contribution in [0.15, 0.2) is 54.2 Å². The second kappa shape index (κ2) is 8.80. The Morgan fingerprint density at radius 3 is 2.72 bits per heavy atom. The molecule has 0 spiro atoms. The molecule has 0 aliphatic carbocycles. The largest absolute Gasteiger partial charge is 0.298 e. The monoisotopic (exact) mass is 446 g/mol. The number of nitrogens with one attached hydrogen (secondary N) is 1. The van der Waals surface area contributed by atoms with E-state index in [0.717, 1.165) is 36.6 Å². The van der Waals surface area contributed by atoms with Gasteiger partial charge in [0.25, 0.3) is 5.91 Å². The average molecular weight is 447 g/mol. The lowest BCUT2D eigenvalue weighted by atomic mass is 9.92. The van der Waals surface area contributed by atoms with Crippen molar-refractivity contribution in [2.45, 2.75) is 26.8 Å². The second-order valence-corrected chi connectivity index (χ2v) is 9.59. The summed E-state index contributed by atoms with van der Waals surface area (Å²) in [5, 5.41) is 9.98. The van der Waals surface area contributed by atoms with Crippen LogP contribution in [0.2, 0.25) is 0 Å². The van der Waals surface area contributed by atoms with Crippen molar-refractivity contribution in [3.63, 3.8) is 0 Å². The molecule has 32 heavy (non-hydrogen) atoms. The van der Waals surface area contributed by atoms with E-state index in [1.165, 1.54) is 17.8 Å². The zero-order valence-electron chi connectivity index (χ0n) is 18.2. The van der Waals surface area contributed by atoms with Gasteiger partial charge in [0.1, 0.15) is 5.56 Å². The molecule has 1 fully saturated rings. The number of benzene rings is 1. The maximum atomic E-state index is 13.0. The van der Waals surface area contributed by atoms with Gasteiger partial charge in [-0.3, -0.25) is 15.0 Å². The van der Waals surface area contributed by atoms with Crippen molar-refractivity contribution in [3.8, 4) is 11.3 Å². The highest BCUT2D eigenvalue weighted by molar-refractivity contribution is 7.14. The predicted molar refractivity (Wildman–Crippen MR) is 127 cm³/mol. The minimum absolute atomic E-state index is 0.251. The predicted octanol–water partition coefficient (Wildman–Crippen LogP) is 4.58. The normalized spacial score (nSPS) is 19.3. The van der Waals surface area contributed by atoms with Gasteiger partial charge in [-0.25, -0.2) is 14.5 Å². The lowest BCUT2D eigenvalue weighted by molar-refractivity contribution is 0.102. The smallest absolute Gasteiger partial charge is 0.262 e. The minimum atomic E-state index is -0.251. The average Bonchev–Trinajstić information content (AvgIpc) is 3.40. The van der Waals surface area contributed by atoms with Crippen LogP contribution in [0.3, 0.4) is 0 Å². The molecule has 5 rings (SSSR count). The number of carbonyl (C=O) groups excluding carboxylic acids is 1. The van der Waals surface area contributed by atoms with Gasteiger partial charge in [0.15, 0.2) is 10.8 Å². The number of carbonyl (C=O) groups is 1. The van der Waals surface area contributed by atoms with Crippen LogP contribution in [0, 0.1) is 11.8 Å². The highest BCUT2D eigenvalue weighted by Gasteiger charge is 2.23. The van der Waals surface area contributed by atoms with Crippen LogP contribution in [0.25, 0.3) is 16.9 Å². The van der Waals surface area contributed by atoms with Crippen molar-refractivity contribution in [1.82, 2.24) is 24.5 Å². The number of hydrogen-bond acceptors (Lipinski definition) is 6. The van der Waals surface area contributed by atoms with Crippen molar-refractivity contribution >= 4 is 28.0 Å². The van der Waals surface area contributed by atoms with Crippen molar-refractivity contribution in [1.29, 1.82) is 0 Å². The highest BCUT2D eigenvalue weighted by atomic mass is 32.1. The lowest BCUT2D eigenvalue weighted by Gasteiger charge is -2.34. The van der Waals surface area contributed by atoms with E-state index >= 15 is 0 Å². The fraction of sp³-hybridized carbons (Fsp3) is 0.333. The first-order valence-electron chi connectivity index (χ1n) is 10.9. The fourth-order valence-electron chi connectivity index (χ4n) is 4.63. The van der Waals surface area contributed by atoms with E-state index in [1.54, 1.807) is 16.9 Å². The van der Waals surface area contributed by atoms with Crippen LogP contribution in [0.4, 0.5) is 5.13 Å². The Bertz CT molecular complexity index is 1220. The lowest BCUT2D eigenvalue weighted by Crippen LogP contribution is -2.38. The van der Waals surface area contributed by atoms with E-state index in [2.05, 4.69) is 39.1 Å². The summed E-state index contributed by atoms with van der Waals surface area (Å²) in [6.07, 6.45) is 4.56. The summed E-state index contributed by atoms with van der Waals surface area (Å²) >= 11 is 1.45. The molecule has 0 saturated carbocycles. The number of fused-ring (bicyclic) bond motifs is 1. The van der Waals surface area contributed by atoms with Gasteiger partial charge in [0.05, 0.1) is 17.6 Å². The van der Waals surface area contributed by atoms with E-state index in [1.807, 2.05) is 41.8 Å². The van der Waals surface area contributed by atoms with Gasteiger partial charge in [-0.05, 0) is 24.3 Å². The molecule has 4 aromatic rings. The molecule has 1 amide bonds. The van der Waals surface area contributed by atoms with Crippen molar-refractivity contribution < 1.29 is 4.79 Å². The quantitative estimate of drug-likeness (QED) is 0.486. The fourth-order valence-corrected chi connectivity index (χ4v) is 5.33. The van der Waals surface area contributed by atoms with Crippen LogP contribution in [0.1, 0.15) is 36.3 Å². The first-order chi connectivity index (χ1) is 15.6. The number of likely N-dealkylation sites (tertiary alicyclic amines) is 1. The maximum Gasteiger partial charge on any atom is 0.262 e. The molecule has 164 valence electrons. The summed E-state index contributed by atoms with van der Waals surface area (Å²) in [6, 6.07) is 11.8. The van der Waals surface area contributed by atoms with Crippen molar-refractivity contribution in [2.75, 3.05) is 18.4 Å². The molecule has 1 aliphatic rings. The number of nitrogens with zero attached hydrogens (tertiary/aromatic N) is 5. The summed E-state index contributed by atoms with van der Waals surface area (Å²) in [5.74, 6) is 1.17. The first-order valence-corrected chi connectivity index (χ1v) is 11.8. The van der Waals surface area contributed by atoms with Gasteiger partial charge in [-0.2, -0.15) is 5.10 Å². The van der Waals surface area contributed by atoms with E-state index < -0.39 is 0 Å². The molecule has 1 N–H and O–H groups in total. The minimum Gasteiger partial charge on any atom is -0.298 e. The molecule has 0 radical (unpaired) electrons. The van der Waals surface area contributed by atoms with Crippen molar-refractivity contribution in [2.24, 2.45) is 11.8 Å². The zero-order valence-corrected chi connectivity index (χ0v) is 19.0. The Kier molecular flexibility index (Phi) is 5.71. The SMILES string of the molecule is CC1CC(C)CN(Cc2csc(NC(=O)c3cnn4c(-c5ccccc5)ccnc34)n2)C1. The Morgan fingerprint density at radius 1 is 1.16 bits per heavy atom. The van der Waals surface area contributed by atoms with E-state index in [9.17, 15) is 4.79 Å². The molecule has 2 unspecified atom stereocenters. The van der Waals surface area contributed by atoms with Crippen LogP contribution in [-0.2, 0) is 6.54 Å². The van der Waals surface area contributed by atoms with Gasteiger partial charge in [0.2, 0.25) is 0 Å². The summed E-state index contributed by atoms with van der Waals surface area (Å²) in [4.78, 5) is 24.5. The number of anilines is 1. The molecule has 8 heteroatoms. The molecular weight excluding hydrogens is 420 g/mol. The first kappa shape index (κ1) is 20.8. The molecule has 3 aromatic heterocycles. The third-order valence-corrected chi connectivity index (χ3v) is 6.62. The molecule has 4 heterocycles. The summed E-state index contributed by atoms with van der Waals surface area (Å²) in [7, 11) is 0. The molecule has 1 aromatic carbocycles. The van der Waals surface area contributed by atoms with E-state index in [4.69, 9.17) is 0 Å². The standard InChI is InChI=1S/C24H26N6OS/c1-16-10-17(2)13-29(12-16)14-19-15-32-24(27-19)28-23(31)20-11-26-30-21(8-9-25-22(20)30)18-6-4-3-5-7-18/h3-9,11,15-17H,10,12-14H2,1-2H3,(H,27,28,31). The number of piperidine rings is 1. The summed E-state index contributed by atoms with van der Waals surface area (Å²) in [5.41, 5.74) is 3.85. The number of aromatic nitrogens is 4. The highest BCUT2D eigenvalue weighted by Crippen LogP contribution is 2.25. The Hall–Kier alpha value is -3.10. The van der Waals surface area contributed by atoms with Gasteiger partial charge >= 0.3 is 0 Å². The third kappa shape index (κ3) is 4.28. The van der Waals surface area contributed by atoms with Gasteiger partial charge < -0.3 is 0 Å². The van der Waals surface area contributed by atoms with E-state index in [0.29, 0.717) is 28.2 Å². The third-order valence-electron chi connectivity index (χ3n) is 5.82. The van der Waals surface area contributed by atoms with Crippen LogP contribution < -0.4 is 5.32 Å². The number of rotatable bonds is 5. The molecule has 1 aliphatic heterocycles. The van der Waals surface area contributed by atoms with Crippen molar-refractivity contribution in [3.05, 3.63) is 65.4 Å². The molecule has 0 bridgehead atoms. The maximum absolute atomic E-state index is 13.0. The topological polar surface area (TPSA) is 75.4 Å². The number of amides is 1. The van der Waals surface area contributed by atoms with Gasteiger partial charge in [-0.1, -0.05) is 44.2 Å². The van der Waals surface area contributed by atoms with E-state index in [-0.39, 0.29) is 5.91 Å². The number of thiazole rings is 1. The molecular formula is C24H26N6OS. The van der Waals surface area contributed by atoms with Gasteiger partial charge in [-0.15, -0.1) is 11.3 Å². The molecule has 2 atom stereocenters. The van der Waals surface area contributed by atoms with Crippen LogP contribution >= 0.6 is 11.3 Å². The Balaban J connectivity index is 1.32. The summed E-state index contributed by atoms with van der Waals surface area (Å²) < 4.78 is 1.70.